The maximum atomic E-state index is 13.1. The molecule has 0 fully saturated rings. The fourth-order valence-corrected chi connectivity index (χ4v) is 2.13. The zero-order valence-electron chi connectivity index (χ0n) is 13.9. The van der Waals surface area contributed by atoms with Gasteiger partial charge in [0.05, 0.1) is 12.8 Å². The van der Waals surface area contributed by atoms with Gasteiger partial charge in [0.25, 0.3) is 0 Å². The summed E-state index contributed by atoms with van der Waals surface area (Å²) in [7, 11) is 1.45. The van der Waals surface area contributed by atoms with Crippen LogP contribution in [0.25, 0.3) is 0 Å². The number of nitrogens with one attached hydrogen (secondary N) is 2. The highest BCUT2D eigenvalue weighted by atomic mass is 35.5. The molecule has 0 aliphatic carbocycles. The van der Waals surface area contributed by atoms with Crippen LogP contribution in [-0.2, 0) is 6.18 Å². The Morgan fingerprint density at radius 1 is 1.24 bits per heavy atom. The van der Waals surface area contributed by atoms with Crippen LogP contribution in [-0.4, -0.2) is 23.1 Å². The highest BCUT2D eigenvalue weighted by Gasteiger charge is 2.34. The molecule has 0 unspecified atom stereocenters. The van der Waals surface area contributed by atoms with Crippen LogP contribution in [0.15, 0.2) is 24.3 Å². The molecule has 0 spiro atoms. The van der Waals surface area contributed by atoms with Crippen molar-refractivity contribution >= 4 is 29.1 Å². The van der Waals surface area contributed by atoms with E-state index in [-0.39, 0.29) is 17.8 Å². The summed E-state index contributed by atoms with van der Waals surface area (Å²) < 4.78 is 44.6. The van der Waals surface area contributed by atoms with Gasteiger partial charge < -0.3 is 15.4 Å². The minimum atomic E-state index is -4.59. The van der Waals surface area contributed by atoms with Crippen LogP contribution in [0.3, 0.4) is 0 Å². The second kappa shape index (κ2) is 7.77. The number of benzene rings is 1. The summed E-state index contributed by atoms with van der Waals surface area (Å²) in [6.07, 6.45) is -3.88. The second-order valence-corrected chi connectivity index (χ2v) is 5.82. The number of methoxy groups -OCH3 is 1. The zero-order valence-corrected chi connectivity index (χ0v) is 14.7. The van der Waals surface area contributed by atoms with Gasteiger partial charge in [-0.3, -0.25) is 0 Å². The maximum absolute atomic E-state index is 13.1. The van der Waals surface area contributed by atoms with Gasteiger partial charge in [0, 0.05) is 17.1 Å². The Morgan fingerprint density at radius 2 is 1.96 bits per heavy atom. The van der Waals surface area contributed by atoms with Crippen LogP contribution in [0.5, 0.6) is 5.75 Å². The molecule has 0 bridgehead atoms. The molecule has 0 saturated carbocycles. The number of hydrogen-bond acceptors (Lipinski definition) is 5. The van der Waals surface area contributed by atoms with Gasteiger partial charge in [-0.1, -0.05) is 18.5 Å². The molecule has 9 heteroatoms. The van der Waals surface area contributed by atoms with Gasteiger partial charge in [0.2, 0.25) is 5.95 Å². The molecule has 2 rings (SSSR count). The number of aromatic nitrogens is 2. The van der Waals surface area contributed by atoms with Crippen molar-refractivity contribution in [3.8, 4) is 5.75 Å². The first kappa shape index (κ1) is 19.1. The predicted molar refractivity (Wildman–Crippen MR) is 91.7 cm³/mol. The van der Waals surface area contributed by atoms with Crippen molar-refractivity contribution in [1.29, 1.82) is 0 Å². The van der Waals surface area contributed by atoms with Crippen molar-refractivity contribution < 1.29 is 17.9 Å². The minimum absolute atomic E-state index is 0.0197. The normalized spacial score (nSPS) is 12.6. The molecular weight excluding hydrogens is 357 g/mol. The Morgan fingerprint density at radius 3 is 2.56 bits per heavy atom. The third kappa shape index (κ3) is 5.12. The summed E-state index contributed by atoms with van der Waals surface area (Å²) in [5.41, 5.74) is -0.645. The van der Waals surface area contributed by atoms with Crippen molar-refractivity contribution in [2.24, 2.45) is 0 Å². The predicted octanol–water partition coefficient (Wildman–Crippen LogP) is 5.11. The molecule has 0 aliphatic heterocycles. The first-order valence-electron chi connectivity index (χ1n) is 7.56. The van der Waals surface area contributed by atoms with Crippen molar-refractivity contribution in [2.75, 3.05) is 17.7 Å². The lowest BCUT2D eigenvalue weighted by Gasteiger charge is -2.16. The molecular formula is C16H18ClF3N4O. The van der Waals surface area contributed by atoms with Crippen LogP contribution >= 0.6 is 11.6 Å². The lowest BCUT2D eigenvalue weighted by molar-refractivity contribution is -0.141. The number of halogens is 4. The van der Waals surface area contributed by atoms with E-state index in [0.29, 0.717) is 22.9 Å². The summed E-state index contributed by atoms with van der Waals surface area (Å²) in [6, 6.07) is 5.52. The van der Waals surface area contributed by atoms with Crippen molar-refractivity contribution in [1.82, 2.24) is 9.97 Å². The number of alkyl halides is 3. The van der Waals surface area contributed by atoms with Crippen LogP contribution in [0.1, 0.15) is 26.0 Å². The number of nitrogens with zero attached hydrogens (tertiary/aromatic N) is 2. The van der Waals surface area contributed by atoms with Crippen molar-refractivity contribution in [2.45, 2.75) is 32.5 Å². The molecule has 1 aromatic heterocycles. The number of rotatable bonds is 6. The average molecular weight is 375 g/mol. The first-order chi connectivity index (χ1) is 11.7. The summed E-state index contributed by atoms with van der Waals surface area (Å²) in [5, 5.41) is 6.07. The summed E-state index contributed by atoms with van der Waals surface area (Å²) in [4.78, 5) is 7.65. The third-order valence-corrected chi connectivity index (χ3v) is 3.66. The first-order valence-corrected chi connectivity index (χ1v) is 7.94. The molecule has 25 heavy (non-hydrogen) atoms. The molecule has 2 N–H and O–H groups in total. The van der Waals surface area contributed by atoms with Gasteiger partial charge in [-0.25, -0.2) is 4.98 Å². The standard InChI is InChI=1S/C16H18ClF3N4O/c1-4-9(2)21-15-23-13(16(18,19)20)8-14(24-15)22-11-7-10(17)5-6-12(11)25-3/h5-9H,4H2,1-3H3,(H2,21,22,23,24)/t9-/m0/s1. The highest BCUT2D eigenvalue weighted by molar-refractivity contribution is 6.31. The van der Waals surface area contributed by atoms with Gasteiger partial charge in [-0.05, 0) is 31.5 Å². The lowest BCUT2D eigenvalue weighted by Crippen LogP contribution is -2.18. The van der Waals surface area contributed by atoms with E-state index in [1.54, 1.807) is 12.1 Å². The Bertz CT molecular complexity index is 740. The van der Waals surface area contributed by atoms with E-state index >= 15 is 0 Å². The lowest BCUT2D eigenvalue weighted by atomic mass is 10.2. The van der Waals surface area contributed by atoms with Gasteiger partial charge in [-0.15, -0.1) is 0 Å². The number of anilines is 3. The van der Waals surface area contributed by atoms with Gasteiger partial charge in [-0.2, -0.15) is 18.2 Å². The molecule has 0 radical (unpaired) electrons. The highest BCUT2D eigenvalue weighted by Crippen LogP contribution is 2.33. The number of ether oxygens (including phenoxy) is 1. The SMILES string of the molecule is CC[C@H](C)Nc1nc(Nc2cc(Cl)ccc2OC)cc(C(F)(F)F)n1. The molecule has 0 amide bonds. The summed E-state index contributed by atoms with van der Waals surface area (Å²) >= 11 is 5.94. The smallest absolute Gasteiger partial charge is 0.433 e. The molecule has 2 aromatic rings. The van der Waals surface area contributed by atoms with E-state index < -0.39 is 11.9 Å². The number of hydrogen-bond donors (Lipinski definition) is 2. The topological polar surface area (TPSA) is 59.1 Å². The van der Waals surface area contributed by atoms with Crippen LogP contribution < -0.4 is 15.4 Å². The second-order valence-electron chi connectivity index (χ2n) is 5.38. The molecule has 0 saturated heterocycles. The monoisotopic (exact) mass is 374 g/mol. The molecule has 1 aromatic carbocycles. The molecule has 0 aliphatic rings. The van der Waals surface area contributed by atoms with Crippen LogP contribution in [0, 0.1) is 0 Å². The molecule has 5 nitrogen and oxygen atoms in total. The quantitative estimate of drug-likeness (QED) is 0.735. The van der Waals surface area contributed by atoms with Gasteiger partial charge >= 0.3 is 6.18 Å². The average Bonchev–Trinajstić information content (AvgIpc) is 2.54. The van der Waals surface area contributed by atoms with Crippen LogP contribution in [0.4, 0.5) is 30.6 Å². The fraction of sp³-hybridized carbons (Fsp3) is 0.375. The molecule has 1 atom stereocenters. The fourth-order valence-electron chi connectivity index (χ4n) is 1.96. The van der Waals surface area contributed by atoms with E-state index in [1.807, 2.05) is 13.8 Å². The summed E-state index contributed by atoms with van der Waals surface area (Å²) in [5.74, 6) is 0.300. The zero-order chi connectivity index (χ0) is 18.6. The maximum Gasteiger partial charge on any atom is 0.433 e. The Kier molecular flexibility index (Phi) is 5.94. The van der Waals surface area contributed by atoms with E-state index in [9.17, 15) is 13.2 Å². The van der Waals surface area contributed by atoms with E-state index in [1.165, 1.54) is 13.2 Å². The molecule has 136 valence electrons. The van der Waals surface area contributed by atoms with Crippen LogP contribution in [0.2, 0.25) is 5.02 Å². The van der Waals surface area contributed by atoms with Gasteiger partial charge in [0.15, 0.2) is 5.69 Å². The largest absolute Gasteiger partial charge is 0.495 e. The Balaban J connectivity index is 2.42. The van der Waals surface area contributed by atoms with E-state index in [2.05, 4.69) is 20.6 Å². The minimum Gasteiger partial charge on any atom is -0.495 e. The van der Waals surface area contributed by atoms with Crippen molar-refractivity contribution in [3.63, 3.8) is 0 Å². The summed E-state index contributed by atoms with van der Waals surface area (Å²) in [6.45, 7) is 3.73. The van der Waals surface area contributed by atoms with E-state index in [4.69, 9.17) is 16.3 Å². The Labute approximate surface area is 148 Å². The Hall–Kier alpha value is -2.22. The van der Waals surface area contributed by atoms with Gasteiger partial charge in [0.1, 0.15) is 11.6 Å². The van der Waals surface area contributed by atoms with Crippen molar-refractivity contribution in [3.05, 3.63) is 35.0 Å². The van der Waals surface area contributed by atoms with E-state index in [0.717, 1.165) is 6.07 Å². The third-order valence-electron chi connectivity index (χ3n) is 3.43. The molecule has 1 heterocycles.